The van der Waals surface area contributed by atoms with Crippen LogP contribution in [-0.2, 0) is 0 Å². The third-order valence-corrected chi connectivity index (χ3v) is 3.17. The quantitative estimate of drug-likeness (QED) is 0.411. The topological polar surface area (TPSA) is 23.5 Å². The van der Waals surface area contributed by atoms with E-state index in [2.05, 4.69) is 5.92 Å². The molecule has 0 saturated carbocycles. The van der Waals surface area contributed by atoms with Crippen LogP contribution >= 0.6 is 7.92 Å². The van der Waals surface area contributed by atoms with Gasteiger partial charge in [-0.05, 0) is 6.42 Å². The van der Waals surface area contributed by atoms with Gasteiger partial charge >= 0.3 is 7.92 Å². The Morgan fingerprint density at radius 2 is 2.60 bits per heavy atom. The van der Waals surface area contributed by atoms with Crippen molar-refractivity contribution in [1.82, 2.24) is 4.67 Å². The number of hydrogen-bond acceptors (Lipinski definition) is 2. The molecule has 0 saturated heterocycles. The maximum absolute atomic E-state index is 9.32. The molecule has 3 heteroatoms. The molecule has 1 heterocycles. The second-order valence-electron chi connectivity index (χ2n) is 2.41. The van der Waals surface area contributed by atoms with Crippen LogP contribution in [0.25, 0.3) is 0 Å². The van der Waals surface area contributed by atoms with Gasteiger partial charge in [0.05, 0.1) is 5.92 Å². The first kappa shape index (κ1) is 7.75. The van der Waals surface area contributed by atoms with Crippen LogP contribution in [0.3, 0.4) is 0 Å². The third-order valence-electron chi connectivity index (χ3n) is 1.64. The van der Waals surface area contributed by atoms with Gasteiger partial charge in [-0.1, -0.05) is 5.92 Å². The van der Waals surface area contributed by atoms with Gasteiger partial charge in [0.15, 0.2) is 5.80 Å². The van der Waals surface area contributed by atoms with Crippen LogP contribution in [0.4, 0.5) is 0 Å². The molecule has 0 spiro atoms. The Balaban J connectivity index is 2.68. The highest BCUT2D eigenvalue weighted by molar-refractivity contribution is 7.49. The summed E-state index contributed by atoms with van der Waals surface area (Å²) in [7, 11) is 0.879. The van der Waals surface area contributed by atoms with E-state index in [9.17, 15) is 4.89 Å². The van der Waals surface area contributed by atoms with E-state index in [1.54, 1.807) is 0 Å². The van der Waals surface area contributed by atoms with Crippen molar-refractivity contribution < 1.29 is 4.89 Å². The van der Waals surface area contributed by atoms with Gasteiger partial charge in [-0.2, -0.15) is 4.89 Å². The first-order chi connectivity index (χ1) is 4.74. The van der Waals surface area contributed by atoms with Crippen LogP contribution in [0.1, 0.15) is 6.42 Å². The normalized spacial score (nSPS) is 30.9. The van der Waals surface area contributed by atoms with E-state index >= 15 is 0 Å². The van der Waals surface area contributed by atoms with Crippen molar-refractivity contribution in [2.24, 2.45) is 5.92 Å². The molecular formula is C7H11NOP+. The van der Waals surface area contributed by atoms with Crippen LogP contribution in [-0.4, -0.2) is 29.0 Å². The monoisotopic (exact) mass is 156 g/mol. The van der Waals surface area contributed by atoms with Crippen LogP contribution in [0, 0.1) is 18.3 Å². The molecule has 1 aliphatic rings. The van der Waals surface area contributed by atoms with Crippen LogP contribution in [0.15, 0.2) is 0 Å². The zero-order chi connectivity index (χ0) is 7.56. The highest BCUT2D eigenvalue weighted by atomic mass is 31.1. The molecule has 0 radical (unpaired) electrons. The molecule has 2 nitrogen and oxygen atoms in total. The molecule has 0 aromatic heterocycles. The van der Waals surface area contributed by atoms with Crippen molar-refractivity contribution in [3.05, 3.63) is 0 Å². The number of hydrogen-bond donors (Lipinski definition) is 1. The minimum Gasteiger partial charge on any atom is -0.177 e. The first-order valence-corrected chi connectivity index (χ1v) is 4.56. The fraction of sp³-hybridized carbons (Fsp3) is 0.571. The van der Waals surface area contributed by atoms with Gasteiger partial charge in [-0.15, -0.1) is 11.1 Å². The molecule has 2 unspecified atom stereocenters. The predicted molar refractivity (Wildman–Crippen MR) is 44.8 cm³/mol. The van der Waals surface area contributed by atoms with Crippen molar-refractivity contribution in [3.63, 3.8) is 0 Å². The molecule has 2 atom stereocenters. The second-order valence-corrected chi connectivity index (χ2v) is 4.03. The largest absolute Gasteiger partial charge is 0.348 e. The Labute approximate surface area is 62.4 Å². The molecule has 1 rings (SSSR count). The molecule has 0 fully saturated rings. The SMILES string of the molecule is C#CC1C=[P+](O)N(C)CC1. The fourth-order valence-electron chi connectivity index (χ4n) is 0.904. The Morgan fingerprint density at radius 1 is 1.90 bits per heavy atom. The highest BCUT2D eigenvalue weighted by Gasteiger charge is 2.24. The van der Waals surface area contributed by atoms with Crippen molar-refractivity contribution in [1.29, 1.82) is 0 Å². The molecule has 0 amide bonds. The third kappa shape index (κ3) is 1.58. The van der Waals surface area contributed by atoms with E-state index in [-0.39, 0.29) is 5.92 Å². The van der Waals surface area contributed by atoms with Gasteiger partial charge in [0.2, 0.25) is 0 Å². The van der Waals surface area contributed by atoms with Gasteiger partial charge in [-0.3, -0.25) is 0 Å². The molecule has 0 aromatic carbocycles. The predicted octanol–water partition coefficient (Wildman–Crippen LogP) is 0.678. The zero-order valence-corrected chi connectivity index (χ0v) is 6.88. The molecule has 10 heavy (non-hydrogen) atoms. The lowest BCUT2D eigenvalue weighted by Gasteiger charge is -2.12. The van der Waals surface area contributed by atoms with Crippen LogP contribution in [0.2, 0.25) is 0 Å². The molecule has 0 aliphatic carbocycles. The van der Waals surface area contributed by atoms with Gasteiger partial charge in [0.1, 0.15) is 0 Å². The zero-order valence-electron chi connectivity index (χ0n) is 5.99. The standard InChI is InChI=1S/C7H11NOP/c1-3-7-4-5-8(2)10(9)6-7/h1,6-7,9H,4-5H2,2H3/q+1. The summed E-state index contributed by atoms with van der Waals surface area (Å²) in [5.41, 5.74) is 0. The molecular weight excluding hydrogens is 145 g/mol. The van der Waals surface area contributed by atoms with Gasteiger partial charge in [0, 0.05) is 13.6 Å². The summed E-state index contributed by atoms with van der Waals surface area (Å²) in [6, 6.07) is 0. The number of terminal acetylenes is 1. The van der Waals surface area contributed by atoms with E-state index in [0.29, 0.717) is 0 Å². The fourth-order valence-corrected chi connectivity index (χ4v) is 2.01. The van der Waals surface area contributed by atoms with Gasteiger partial charge in [0.25, 0.3) is 0 Å². The minimum absolute atomic E-state index is 0.187. The summed E-state index contributed by atoms with van der Waals surface area (Å²) >= 11 is 0. The number of rotatable bonds is 0. The van der Waals surface area contributed by atoms with Crippen molar-refractivity contribution in [2.75, 3.05) is 13.6 Å². The maximum atomic E-state index is 9.32. The van der Waals surface area contributed by atoms with Gasteiger partial charge in [-0.25, -0.2) is 0 Å². The lowest BCUT2D eigenvalue weighted by atomic mass is 10.1. The first-order valence-electron chi connectivity index (χ1n) is 3.24. The summed E-state index contributed by atoms with van der Waals surface area (Å²) in [5, 5.41) is 0. The van der Waals surface area contributed by atoms with E-state index in [4.69, 9.17) is 6.42 Å². The molecule has 1 N–H and O–H groups in total. The van der Waals surface area contributed by atoms with Gasteiger partial charge < -0.3 is 0 Å². The van der Waals surface area contributed by atoms with Crippen molar-refractivity contribution in [3.8, 4) is 12.3 Å². The average molecular weight is 156 g/mol. The average Bonchev–Trinajstić information content (AvgIpc) is 1.95. The maximum Gasteiger partial charge on any atom is 0.348 e. The Morgan fingerprint density at radius 3 is 3.10 bits per heavy atom. The summed E-state index contributed by atoms with van der Waals surface area (Å²) < 4.78 is 1.93. The number of nitrogens with zero attached hydrogens (tertiary/aromatic N) is 1. The highest BCUT2D eigenvalue weighted by Crippen LogP contribution is 2.27. The molecule has 1 aliphatic heterocycles. The summed E-state index contributed by atoms with van der Waals surface area (Å²) in [6.07, 6.45) is 6.19. The lowest BCUT2D eigenvalue weighted by Crippen LogP contribution is -2.20. The Bertz CT molecular complexity index is 194. The van der Waals surface area contributed by atoms with Crippen LogP contribution < -0.4 is 0 Å². The van der Waals surface area contributed by atoms with E-state index in [0.717, 1.165) is 13.0 Å². The van der Waals surface area contributed by atoms with Crippen molar-refractivity contribution in [2.45, 2.75) is 6.42 Å². The second kappa shape index (κ2) is 3.16. The van der Waals surface area contributed by atoms with E-state index in [1.807, 2.05) is 17.5 Å². The molecule has 0 bridgehead atoms. The summed E-state index contributed by atoms with van der Waals surface area (Å²) in [4.78, 5) is 9.32. The smallest absolute Gasteiger partial charge is 0.177 e. The van der Waals surface area contributed by atoms with E-state index in [1.165, 1.54) is 0 Å². The van der Waals surface area contributed by atoms with Crippen LogP contribution in [0.5, 0.6) is 0 Å². The van der Waals surface area contributed by atoms with Crippen molar-refractivity contribution >= 4 is 13.7 Å². The molecule has 0 aromatic rings. The molecule has 54 valence electrons. The Hall–Kier alpha value is -0.350. The summed E-state index contributed by atoms with van der Waals surface area (Å²) in [5.74, 6) is 4.68. The lowest BCUT2D eigenvalue weighted by molar-refractivity contribution is 0.457. The Kier molecular flexibility index (Phi) is 2.45. The summed E-state index contributed by atoms with van der Waals surface area (Å²) in [6.45, 7) is 0.910. The van der Waals surface area contributed by atoms with E-state index < -0.39 is 7.92 Å². The minimum atomic E-state index is -1.03.